The van der Waals surface area contributed by atoms with Crippen molar-refractivity contribution in [2.75, 3.05) is 0 Å². The summed E-state index contributed by atoms with van der Waals surface area (Å²) in [5, 5.41) is 8.19. The van der Waals surface area contributed by atoms with E-state index in [0.29, 0.717) is 6.54 Å². The maximum atomic E-state index is 12.0. The van der Waals surface area contributed by atoms with Gasteiger partial charge in [0.15, 0.2) is 0 Å². The number of aromatic amines is 1. The number of thiophene rings is 1. The molecule has 0 aliphatic carbocycles. The monoisotopic (exact) mass is 286 g/mol. The van der Waals surface area contributed by atoms with Crippen LogP contribution in [-0.4, -0.2) is 18.6 Å². The highest BCUT2D eigenvalue weighted by molar-refractivity contribution is 7.89. The third kappa shape index (κ3) is 2.78. The second-order valence-electron chi connectivity index (χ2n) is 3.80. The van der Waals surface area contributed by atoms with E-state index in [2.05, 4.69) is 14.9 Å². The predicted octanol–water partition coefficient (Wildman–Crippen LogP) is 0.717. The average molecular weight is 286 g/mol. The summed E-state index contributed by atoms with van der Waals surface area (Å²) in [6, 6.07) is 1.59. The van der Waals surface area contributed by atoms with E-state index in [1.54, 1.807) is 17.6 Å². The molecule has 2 aromatic rings. The first kappa shape index (κ1) is 13.2. The zero-order chi connectivity index (χ0) is 13.2. The van der Waals surface area contributed by atoms with Gasteiger partial charge in [0, 0.05) is 34.6 Å². The molecule has 0 atom stereocenters. The minimum Gasteiger partial charge on any atom is -0.326 e. The van der Waals surface area contributed by atoms with Gasteiger partial charge in [-0.15, -0.1) is 11.3 Å². The number of rotatable bonds is 5. The van der Waals surface area contributed by atoms with Crippen molar-refractivity contribution in [1.82, 2.24) is 14.9 Å². The predicted molar refractivity (Wildman–Crippen MR) is 69.6 cm³/mol. The third-order valence-corrected chi connectivity index (χ3v) is 5.02. The van der Waals surface area contributed by atoms with Gasteiger partial charge < -0.3 is 5.73 Å². The van der Waals surface area contributed by atoms with Crippen LogP contribution in [0.25, 0.3) is 0 Å². The van der Waals surface area contributed by atoms with Crippen LogP contribution >= 0.6 is 11.3 Å². The Morgan fingerprint density at radius 2 is 2.33 bits per heavy atom. The molecular weight excluding hydrogens is 272 g/mol. The zero-order valence-corrected chi connectivity index (χ0v) is 11.4. The van der Waals surface area contributed by atoms with Crippen molar-refractivity contribution in [3.63, 3.8) is 0 Å². The number of hydrogen-bond donors (Lipinski definition) is 3. The SMILES string of the molecule is Cc1[nH]ncc1CNS(=O)(=O)c1csc(CN)c1. The minimum absolute atomic E-state index is 0.221. The molecule has 4 N–H and O–H groups in total. The largest absolute Gasteiger partial charge is 0.326 e. The van der Waals surface area contributed by atoms with Crippen molar-refractivity contribution in [3.8, 4) is 0 Å². The summed E-state index contributed by atoms with van der Waals surface area (Å²) in [5.41, 5.74) is 7.14. The molecule has 0 saturated heterocycles. The second-order valence-corrected chi connectivity index (χ2v) is 6.56. The molecule has 0 aliphatic rings. The molecule has 18 heavy (non-hydrogen) atoms. The fraction of sp³-hybridized carbons (Fsp3) is 0.300. The van der Waals surface area contributed by atoms with Gasteiger partial charge in [0.05, 0.1) is 11.1 Å². The van der Waals surface area contributed by atoms with E-state index >= 15 is 0 Å². The van der Waals surface area contributed by atoms with Crippen LogP contribution in [0.4, 0.5) is 0 Å². The lowest BCUT2D eigenvalue weighted by Crippen LogP contribution is -2.22. The van der Waals surface area contributed by atoms with E-state index in [1.165, 1.54) is 11.3 Å². The summed E-state index contributed by atoms with van der Waals surface area (Å²) >= 11 is 1.34. The van der Waals surface area contributed by atoms with E-state index in [0.717, 1.165) is 16.1 Å². The maximum absolute atomic E-state index is 12.0. The molecule has 0 spiro atoms. The fourth-order valence-corrected chi connectivity index (χ4v) is 3.58. The molecule has 2 heterocycles. The second kappa shape index (κ2) is 5.19. The van der Waals surface area contributed by atoms with Gasteiger partial charge in [-0.3, -0.25) is 5.10 Å². The van der Waals surface area contributed by atoms with Crippen LogP contribution < -0.4 is 10.5 Å². The molecule has 0 bridgehead atoms. The Morgan fingerprint density at radius 3 is 2.89 bits per heavy atom. The molecule has 0 aliphatic heterocycles. The Morgan fingerprint density at radius 1 is 1.56 bits per heavy atom. The Labute approximate surface area is 109 Å². The van der Waals surface area contributed by atoms with Crippen LogP contribution in [-0.2, 0) is 23.1 Å². The van der Waals surface area contributed by atoms with Gasteiger partial charge in [0.2, 0.25) is 10.0 Å². The number of aryl methyl sites for hydroxylation is 1. The van der Waals surface area contributed by atoms with Crippen molar-refractivity contribution in [2.24, 2.45) is 5.73 Å². The standard InChI is InChI=1S/C10H14N4O2S2/c1-7-8(4-12-14-7)5-13-18(15,16)10-2-9(3-11)17-6-10/h2,4,6,13H,3,5,11H2,1H3,(H,12,14). The summed E-state index contributed by atoms with van der Waals surface area (Å²) in [7, 11) is -3.48. The highest BCUT2D eigenvalue weighted by Crippen LogP contribution is 2.18. The molecule has 6 nitrogen and oxygen atoms in total. The van der Waals surface area contributed by atoms with E-state index in [1.807, 2.05) is 6.92 Å². The normalized spacial score (nSPS) is 11.9. The Balaban J connectivity index is 2.10. The van der Waals surface area contributed by atoms with E-state index in [-0.39, 0.29) is 11.4 Å². The number of hydrogen-bond acceptors (Lipinski definition) is 5. The van der Waals surface area contributed by atoms with Crippen LogP contribution in [0.2, 0.25) is 0 Å². The van der Waals surface area contributed by atoms with Gasteiger partial charge in [-0.25, -0.2) is 13.1 Å². The summed E-state index contributed by atoms with van der Waals surface area (Å²) < 4.78 is 26.5. The molecule has 0 radical (unpaired) electrons. The van der Waals surface area contributed by atoms with Gasteiger partial charge in [-0.05, 0) is 13.0 Å². The van der Waals surface area contributed by atoms with Gasteiger partial charge in [-0.1, -0.05) is 0 Å². The number of sulfonamides is 1. The molecule has 2 aromatic heterocycles. The van der Waals surface area contributed by atoms with Crippen molar-refractivity contribution in [3.05, 3.63) is 33.8 Å². The molecular formula is C10H14N4O2S2. The van der Waals surface area contributed by atoms with E-state index in [9.17, 15) is 8.42 Å². The van der Waals surface area contributed by atoms with Gasteiger partial charge in [-0.2, -0.15) is 5.10 Å². The van der Waals surface area contributed by atoms with Gasteiger partial charge >= 0.3 is 0 Å². The highest BCUT2D eigenvalue weighted by atomic mass is 32.2. The summed E-state index contributed by atoms with van der Waals surface area (Å²) in [6.45, 7) is 2.41. The van der Waals surface area contributed by atoms with Crippen molar-refractivity contribution in [1.29, 1.82) is 0 Å². The molecule has 2 rings (SSSR count). The van der Waals surface area contributed by atoms with Crippen LogP contribution in [0.3, 0.4) is 0 Å². The van der Waals surface area contributed by atoms with Crippen molar-refractivity contribution in [2.45, 2.75) is 24.9 Å². The first-order valence-electron chi connectivity index (χ1n) is 5.29. The van der Waals surface area contributed by atoms with Crippen LogP contribution in [0.15, 0.2) is 22.5 Å². The van der Waals surface area contributed by atoms with E-state index in [4.69, 9.17) is 5.73 Å². The topological polar surface area (TPSA) is 101 Å². The lowest BCUT2D eigenvalue weighted by molar-refractivity contribution is 0.581. The smallest absolute Gasteiger partial charge is 0.241 e. The number of H-pyrrole nitrogens is 1. The van der Waals surface area contributed by atoms with Crippen molar-refractivity contribution < 1.29 is 8.42 Å². The fourth-order valence-electron chi connectivity index (χ4n) is 1.42. The first-order valence-corrected chi connectivity index (χ1v) is 7.65. The molecule has 0 amide bonds. The van der Waals surface area contributed by atoms with Gasteiger partial charge in [0.1, 0.15) is 0 Å². The van der Waals surface area contributed by atoms with Crippen LogP contribution in [0.1, 0.15) is 16.1 Å². The zero-order valence-electron chi connectivity index (χ0n) is 9.80. The number of aromatic nitrogens is 2. The van der Waals surface area contributed by atoms with Crippen LogP contribution in [0.5, 0.6) is 0 Å². The van der Waals surface area contributed by atoms with Crippen molar-refractivity contribution >= 4 is 21.4 Å². The Hall–Kier alpha value is -1.22. The van der Waals surface area contributed by atoms with E-state index < -0.39 is 10.0 Å². The molecule has 0 fully saturated rings. The molecule has 8 heteroatoms. The lowest BCUT2D eigenvalue weighted by Gasteiger charge is -2.03. The Kier molecular flexibility index (Phi) is 3.81. The Bertz CT molecular complexity index is 630. The summed E-state index contributed by atoms with van der Waals surface area (Å²) in [5.74, 6) is 0. The quantitative estimate of drug-likeness (QED) is 0.753. The molecule has 0 aromatic carbocycles. The lowest BCUT2D eigenvalue weighted by atomic mass is 10.3. The molecule has 98 valence electrons. The number of nitrogens with zero attached hydrogens (tertiary/aromatic N) is 1. The molecule has 0 unspecified atom stereocenters. The maximum Gasteiger partial charge on any atom is 0.241 e. The average Bonchev–Trinajstić information content (AvgIpc) is 2.95. The summed E-state index contributed by atoms with van der Waals surface area (Å²) in [4.78, 5) is 1.10. The number of nitrogens with one attached hydrogen (secondary N) is 2. The first-order chi connectivity index (χ1) is 8.53. The number of nitrogens with two attached hydrogens (primary N) is 1. The summed E-state index contributed by atoms with van der Waals surface area (Å²) in [6.07, 6.45) is 1.61. The third-order valence-electron chi connectivity index (χ3n) is 2.53. The molecule has 0 saturated carbocycles. The van der Waals surface area contributed by atoms with Gasteiger partial charge in [0.25, 0.3) is 0 Å². The minimum atomic E-state index is -3.48. The highest BCUT2D eigenvalue weighted by Gasteiger charge is 2.16. The van der Waals surface area contributed by atoms with Crippen LogP contribution in [0, 0.1) is 6.92 Å².